The van der Waals surface area contributed by atoms with E-state index in [1.807, 2.05) is 13.1 Å². The summed E-state index contributed by atoms with van der Waals surface area (Å²) in [5.41, 5.74) is 7.25. The minimum atomic E-state index is -0.576. The van der Waals surface area contributed by atoms with Crippen molar-refractivity contribution >= 4 is 0 Å². The van der Waals surface area contributed by atoms with Gasteiger partial charge in [0.25, 0.3) is 0 Å². The Hall–Kier alpha value is -1.75. The molecule has 2 aromatic rings. The number of nitrogens with zero attached hydrogens (tertiary/aromatic N) is 2. The van der Waals surface area contributed by atoms with Crippen LogP contribution in [0, 0.1) is 11.6 Å². The molecule has 1 aromatic carbocycles. The Bertz CT molecular complexity index is 515. The van der Waals surface area contributed by atoms with Crippen LogP contribution in [0.1, 0.15) is 18.1 Å². The van der Waals surface area contributed by atoms with Gasteiger partial charge in [-0.3, -0.25) is 4.68 Å². The van der Waals surface area contributed by atoms with E-state index >= 15 is 0 Å². The molecule has 0 spiro atoms. The molecule has 2 rings (SSSR count). The number of benzene rings is 1. The molecule has 0 aliphatic rings. The summed E-state index contributed by atoms with van der Waals surface area (Å²) >= 11 is 0. The van der Waals surface area contributed by atoms with Crippen LogP contribution in [-0.2, 0) is 13.0 Å². The highest BCUT2D eigenvalue weighted by Crippen LogP contribution is 2.10. The third-order valence-corrected chi connectivity index (χ3v) is 2.51. The number of hydrogen-bond acceptors (Lipinski definition) is 2. The molecule has 1 unspecified atom stereocenters. The summed E-state index contributed by atoms with van der Waals surface area (Å²) in [6.07, 6.45) is 4.29. The van der Waals surface area contributed by atoms with Gasteiger partial charge in [0.05, 0.1) is 12.7 Å². The fourth-order valence-corrected chi connectivity index (χ4v) is 1.86. The lowest BCUT2D eigenvalue weighted by Gasteiger charge is -2.03. The van der Waals surface area contributed by atoms with Crippen LogP contribution in [0.3, 0.4) is 0 Å². The van der Waals surface area contributed by atoms with Gasteiger partial charge in [-0.2, -0.15) is 5.10 Å². The van der Waals surface area contributed by atoms with E-state index in [0.717, 1.165) is 18.1 Å². The smallest absolute Gasteiger partial charge is 0.126 e. The molecule has 1 aromatic heterocycles. The number of hydrogen-bond donors (Lipinski definition) is 1. The molecule has 0 saturated heterocycles. The maximum atomic E-state index is 13.0. The standard InChI is InChI=1S/C13H15F2N3/c1-9(16)2-11-6-17-18(8-11)7-10-3-12(14)5-13(15)4-10/h3-6,8-9H,2,7,16H2,1H3. The highest BCUT2D eigenvalue weighted by molar-refractivity contribution is 5.18. The summed E-state index contributed by atoms with van der Waals surface area (Å²) in [5, 5.41) is 4.14. The van der Waals surface area contributed by atoms with E-state index in [0.29, 0.717) is 12.1 Å². The van der Waals surface area contributed by atoms with Gasteiger partial charge in [0.1, 0.15) is 11.6 Å². The van der Waals surface area contributed by atoms with E-state index in [1.54, 1.807) is 10.9 Å². The lowest BCUT2D eigenvalue weighted by Crippen LogP contribution is -2.17. The van der Waals surface area contributed by atoms with Crippen molar-refractivity contribution < 1.29 is 8.78 Å². The predicted molar refractivity (Wildman–Crippen MR) is 65.0 cm³/mol. The normalized spacial score (nSPS) is 12.7. The first-order chi connectivity index (χ1) is 8.52. The Labute approximate surface area is 104 Å². The van der Waals surface area contributed by atoms with E-state index in [4.69, 9.17) is 5.73 Å². The molecule has 0 radical (unpaired) electrons. The van der Waals surface area contributed by atoms with Crippen LogP contribution in [0.15, 0.2) is 30.6 Å². The average molecular weight is 251 g/mol. The van der Waals surface area contributed by atoms with E-state index in [2.05, 4.69) is 5.10 Å². The number of halogens is 2. The van der Waals surface area contributed by atoms with Crippen LogP contribution in [0.25, 0.3) is 0 Å². The zero-order valence-electron chi connectivity index (χ0n) is 10.1. The monoisotopic (exact) mass is 251 g/mol. The van der Waals surface area contributed by atoms with Crippen LogP contribution in [0.4, 0.5) is 8.78 Å². The molecule has 0 amide bonds. The lowest BCUT2D eigenvalue weighted by molar-refractivity contribution is 0.574. The van der Waals surface area contributed by atoms with Crippen molar-refractivity contribution in [2.45, 2.75) is 25.9 Å². The minimum Gasteiger partial charge on any atom is -0.328 e. The third-order valence-electron chi connectivity index (χ3n) is 2.51. The molecule has 1 heterocycles. The van der Waals surface area contributed by atoms with Gasteiger partial charge in [-0.1, -0.05) is 0 Å². The second kappa shape index (κ2) is 5.27. The predicted octanol–water partition coefficient (Wildman–Crippen LogP) is 2.10. The van der Waals surface area contributed by atoms with Crippen LogP contribution >= 0.6 is 0 Å². The van der Waals surface area contributed by atoms with Crippen LogP contribution < -0.4 is 5.73 Å². The molecule has 0 saturated carbocycles. The molecule has 18 heavy (non-hydrogen) atoms. The summed E-state index contributed by atoms with van der Waals surface area (Å²) < 4.78 is 27.7. The molecule has 2 N–H and O–H groups in total. The quantitative estimate of drug-likeness (QED) is 0.904. The average Bonchev–Trinajstić information content (AvgIpc) is 2.62. The topological polar surface area (TPSA) is 43.8 Å². The number of aromatic nitrogens is 2. The van der Waals surface area contributed by atoms with Gasteiger partial charge in [-0.05, 0) is 36.6 Å². The summed E-state index contributed by atoms with van der Waals surface area (Å²) in [6, 6.07) is 3.52. The van der Waals surface area contributed by atoms with E-state index in [9.17, 15) is 8.78 Å². The Morgan fingerprint density at radius 3 is 2.50 bits per heavy atom. The Morgan fingerprint density at radius 2 is 1.89 bits per heavy atom. The van der Waals surface area contributed by atoms with Gasteiger partial charge in [0.2, 0.25) is 0 Å². The Morgan fingerprint density at radius 1 is 1.22 bits per heavy atom. The highest BCUT2D eigenvalue weighted by Gasteiger charge is 2.04. The second-order valence-electron chi connectivity index (χ2n) is 4.51. The maximum Gasteiger partial charge on any atom is 0.126 e. The highest BCUT2D eigenvalue weighted by atomic mass is 19.1. The van der Waals surface area contributed by atoms with Gasteiger partial charge in [-0.25, -0.2) is 8.78 Å². The van der Waals surface area contributed by atoms with Crippen molar-refractivity contribution in [1.82, 2.24) is 9.78 Å². The molecule has 3 nitrogen and oxygen atoms in total. The van der Waals surface area contributed by atoms with Crippen LogP contribution in [-0.4, -0.2) is 15.8 Å². The van der Waals surface area contributed by atoms with Gasteiger partial charge < -0.3 is 5.73 Å². The number of nitrogens with two attached hydrogens (primary N) is 1. The first-order valence-corrected chi connectivity index (χ1v) is 5.75. The Kier molecular flexibility index (Phi) is 3.72. The summed E-state index contributed by atoms with van der Waals surface area (Å²) in [5.74, 6) is -1.15. The molecular formula is C13H15F2N3. The van der Waals surface area contributed by atoms with Gasteiger partial charge >= 0.3 is 0 Å². The van der Waals surface area contributed by atoms with Gasteiger partial charge in [0, 0.05) is 18.3 Å². The van der Waals surface area contributed by atoms with Crippen LogP contribution in [0.2, 0.25) is 0 Å². The van der Waals surface area contributed by atoms with Crippen molar-refractivity contribution in [2.75, 3.05) is 0 Å². The minimum absolute atomic E-state index is 0.0641. The SMILES string of the molecule is CC(N)Cc1cnn(Cc2cc(F)cc(F)c2)c1. The zero-order valence-corrected chi connectivity index (χ0v) is 10.1. The fourth-order valence-electron chi connectivity index (χ4n) is 1.86. The second-order valence-corrected chi connectivity index (χ2v) is 4.51. The maximum absolute atomic E-state index is 13.0. The van der Waals surface area contributed by atoms with E-state index in [1.165, 1.54) is 12.1 Å². The first kappa shape index (κ1) is 12.7. The molecule has 96 valence electrons. The molecule has 0 bridgehead atoms. The van der Waals surface area contributed by atoms with Crippen molar-refractivity contribution in [3.8, 4) is 0 Å². The van der Waals surface area contributed by atoms with E-state index < -0.39 is 11.6 Å². The first-order valence-electron chi connectivity index (χ1n) is 5.75. The summed E-state index contributed by atoms with van der Waals surface area (Å²) in [7, 11) is 0. The lowest BCUT2D eigenvalue weighted by atomic mass is 10.1. The summed E-state index contributed by atoms with van der Waals surface area (Å²) in [6.45, 7) is 2.26. The van der Waals surface area contributed by atoms with Gasteiger partial charge in [0.15, 0.2) is 0 Å². The van der Waals surface area contributed by atoms with E-state index in [-0.39, 0.29) is 6.04 Å². The van der Waals surface area contributed by atoms with Crippen molar-refractivity contribution in [1.29, 1.82) is 0 Å². The van der Waals surface area contributed by atoms with Gasteiger partial charge in [-0.15, -0.1) is 0 Å². The zero-order chi connectivity index (χ0) is 13.1. The molecular weight excluding hydrogens is 236 g/mol. The number of rotatable bonds is 4. The molecule has 5 heteroatoms. The summed E-state index contributed by atoms with van der Waals surface area (Å²) in [4.78, 5) is 0. The molecule has 0 aliphatic carbocycles. The van der Waals surface area contributed by atoms with Crippen LogP contribution in [0.5, 0.6) is 0 Å². The fraction of sp³-hybridized carbons (Fsp3) is 0.308. The van der Waals surface area contributed by atoms with Crippen molar-refractivity contribution in [3.63, 3.8) is 0 Å². The third kappa shape index (κ3) is 3.37. The van der Waals surface area contributed by atoms with Crippen molar-refractivity contribution in [3.05, 3.63) is 53.4 Å². The largest absolute Gasteiger partial charge is 0.328 e. The Balaban J connectivity index is 2.11. The molecule has 0 fully saturated rings. The van der Waals surface area contributed by atoms with Crippen molar-refractivity contribution in [2.24, 2.45) is 5.73 Å². The molecule has 1 atom stereocenters. The molecule has 0 aliphatic heterocycles.